The predicted octanol–water partition coefficient (Wildman–Crippen LogP) is -15.6. The number of hydrogen-bond donors (Lipinski definition) is 2. The van der Waals surface area contributed by atoms with Crippen molar-refractivity contribution >= 4 is 29.8 Å². The minimum atomic E-state index is -1.64. The second-order valence-corrected chi connectivity index (χ2v) is 11.1. The third-order valence-corrected chi connectivity index (χ3v) is 7.93. The van der Waals surface area contributed by atoms with E-state index in [0.717, 1.165) is 9.80 Å². The molecule has 0 aliphatic carbocycles. The second kappa shape index (κ2) is 20.1. The van der Waals surface area contributed by atoms with E-state index in [1.165, 1.54) is 36.4 Å². The summed E-state index contributed by atoms with van der Waals surface area (Å²) in [6.07, 6.45) is -0.102. The van der Waals surface area contributed by atoms with Crippen LogP contribution in [-0.4, -0.2) is 89.1 Å². The summed E-state index contributed by atoms with van der Waals surface area (Å²) in [5.74, 6) is -7.02. The molecule has 3 aromatic carbocycles. The first-order chi connectivity index (χ1) is 22.3. The Kier molecular flexibility index (Phi) is 18.7. The number of nitrogens with zero attached hydrogens (tertiary/aromatic N) is 2. The summed E-state index contributed by atoms with van der Waals surface area (Å²) in [6.45, 7) is -3.31. The van der Waals surface area contributed by atoms with Gasteiger partial charge < -0.3 is 59.3 Å². The van der Waals surface area contributed by atoms with Gasteiger partial charge in [0.15, 0.2) is 5.60 Å². The van der Waals surface area contributed by atoms with Crippen LogP contribution in [0.25, 0.3) is 0 Å². The van der Waals surface area contributed by atoms with Crippen LogP contribution in [0.2, 0.25) is 0 Å². The third-order valence-electron chi connectivity index (χ3n) is 7.93. The fraction of sp³-hybridized carbons (Fsp3) is 0.281. The SMILES string of the molecule is O=C([O-])CN(CCc1ccc2c(c1CCN(CC(=O)[O-])CC(=O)[O-])C(=O)OC21c2ccc(O)cc2Oc2cc(O)ccc21)CC(=O)[O-].[Na+].[Na+].[Na+].[Na+]. The molecular weight excluding hydrogens is 712 g/mol. The van der Waals surface area contributed by atoms with E-state index in [1.807, 2.05) is 0 Å². The normalized spacial score (nSPS) is 12.8. The summed E-state index contributed by atoms with van der Waals surface area (Å²) in [6, 6.07) is 11.6. The fourth-order valence-corrected chi connectivity index (χ4v) is 6.13. The fourth-order valence-electron chi connectivity index (χ4n) is 6.13. The van der Waals surface area contributed by atoms with Crippen LogP contribution >= 0.6 is 0 Å². The summed E-state index contributed by atoms with van der Waals surface area (Å²) < 4.78 is 12.1. The van der Waals surface area contributed by atoms with Gasteiger partial charge in [-0.2, -0.15) is 0 Å². The average molecular weight is 739 g/mol. The van der Waals surface area contributed by atoms with Gasteiger partial charge in [-0.1, -0.05) is 12.1 Å². The first-order valence-corrected chi connectivity index (χ1v) is 14.3. The van der Waals surface area contributed by atoms with Crippen molar-refractivity contribution < 1.29 is 182 Å². The van der Waals surface area contributed by atoms with Crippen LogP contribution < -0.4 is 143 Å². The summed E-state index contributed by atoms with van der Waals surface area (Å²) in [5.41, 5.74) is 0.139. The van der Waals surface area contributed by atoms with Gasteiger partial charge in [-0.3, -0.25) is 9.80 Å². The number of rotatable bonds is 14. The Balaban J connectivity index is 0.00000325. The molecule has 15 nitrogen and oxygen atoms in total. The summed E-state index contributed by atoms with van der Waals surface area (Å²) in [7, 11) is 0. The van der Waals surface area contributed by atoms with Crippen molar-refractivity contribution in [3.63, 3.8) is 0 Å². The molecule has 3 aromatic rings. The van der Waals surface area contributed by atoms with Gasteiger partial charge in [0, 0.05) is 68.1 Å². The van der Waals surface area contributed by atoms with Crippen LogP contribution in [0.1, 0.15) is 38.2 Å². The number of ether oxygens (including phenoxy) is 2. The quantitative estimate of drug-likeness (QED) is 0.115. The molecular formula is C32H26N2Na4O13. The van der Waals surface area contributed by atoms with E-state index >= 15 is 0 Å². The largest absolute Gasteiger partial charge is 1.00 e. The standard InChI is InChI=1S/C32H30N2O13.4Na/c35-18-2-5-21-24(11-18)46-25-12-19(36)3-6-22(25)32(21)23-4-1-17(7-9-33(13-26(37)38)14-27(39)40)20(30(23)31(45)47-32)8-10-34(15-28(41)42)16-29(43)44;;;;/h1-6,11-12,35-36H,7-10,13-16H2,(H,37,38)(H,39,40)(H,41,42)(H,43,44);;;;/q;4*+1/p-4. The average Bonchev–Trinajstić information content (AvgIpc) is 3.25. The van der Waals surface area contributed by atoms with E-state index in [2.05, 4.69) is 0 Å². The first kappa shape index (κ1) is 47.4. The Morgan fingerprint density at radius 2 is 1.04 bits per heavy atom. The number of aliphatic carboxylic acids is 4. The van der Waals surface area contributed by atoms with Crippen LogP contribution in [0, 0.1) is 0 Å². The van der Waals surface area contributed by atoms with E-state index in [-0.39, 0.29) is 173 Å². The smallest absolute Gasteiger partial charge is 0.549 e. The van der Waals surface area contributed by atoms with Gasteiger partial charge >= 0.3 is 124 Å². The van der Waals surface area contributed by atoms with E-state index in [0.29, 0.717) is 27.8 Å². The minimum absolute atomic E-state index is 0. The van der Waals surface area contributed by atoms with Crippen molar-refractivity contribution in [2.24, 2.45) is 0 Å². The summed E-state index contributed by atoms with van der Waals surface area (Å²) >= 11 is 0. The minimum Gasteiger partial charge on any atom is -0.549 e. The van der Waals surface area contributed by atoms with Crippen molar-refractivity contribution in [3.8, 4) is 23.0 Å². The van der Waals surface area contributed by atoms with Gasteiger partial charge in [-0.25, -0.2) is 4.79 Å². The number of benzene rings is 3. The van der Waals surface area contributed by atoms with Crippen LogP contribution in [-0.2, 0) is 42.4 Å². The van der Waals surface area contributed by atoms with Crippen LogP contribution in [0.4, 0.5) is 0 Å². The molecule has 0 atom stereocenters. The van der Waals surface area contributed by atoms with E-state index in [4.69, 9.17) is 9.47 Å². The van der Waals surface area contributed by atoms with E-state index in [1.54, 1.807) is 12.1 Å². The van der Waals surface area contributed by atoms with Gasteiger partial charge in [0.25, 0.3) is 0 Å². The van der Waals surface area contributed by atoms with E-state index in [9.17, 15) is 54.6 Å². The number of hydrogen-bond acceptors (Lipinski definition) is 15. The molecule has 0 fully saturated rings. The zero-order chi connectivity index (χ0) is 34.0. The maximum atomic E-state index is 13.9. The van der Waals surface area contributed by atoms with Gasteiger partial charge in [-0.15, -0.1) is 0 Å². The second-order valence-electron chi connectivity index (χ2n) is 11.1. The van der Waals surface area contributed by atoms with Gasteiger partial charge in [-0.05, 0) is 48.2 Å². The van der Waals surface area contributed by atoms with E-state index < -0.39 is 61.6 Å². The van der Waals surface area contributed by atoms with Crippen LogP contribution in [0.5, 0.6) is 23.0 Å². The summed E-state index contributed by atoms with van der Waals surface area (Å²) in [4.78, 5) is 61.2. The maximum absolute atomic E-state index is 13.9. The Hall–Kier alpha value is -1.67. The molecule has 0 saturated carbocycles. The van der Waals surface area contributed by atoms with Crippen molar-refractivity contribution in [3.05, 3.63) is 81.9 Å². The Labute approximate surface area is 380 Å². The molecule has 19 heteroatoms. The van der Waals surface area contributed by atoms with Crippen molar-refractivity contribution in [2.75, 3.05) is 39.3 Å². The molecule has 0 unspecified atom stereocenters. The van der Waals surface area contributed by atoms with Crippen molar-refractivity contribution in [2.45, 2.75) is 18.4 Å². The summed E-state index contributed by atoms with van der Waals surface area (Å²) in [5, 5.41) is 65.6. The number of fused-ring (bicyclic) bond motifs is 6. The molecule has 2 aliphatic rings. The molecule has 2 N–H and O–H groups in total. The monoisotopic (exact) mass is 738 g/mol. The predicted molar refractivity (Wildman–Crippen MR) is 148 cm³/mol. The molecule has 0 radical (unpaired) electrons. The number of aromatic hydroxyl groups is 2. The number of phenols is 2. The number of carbonyl (C=O) groups excluding carboxylic acids is 5. The van der Waals surface area contributed by atoms with Gasteiger partial charge in [0.1, 0.15) is 23.0 Å². The topological polar surface area (TPSA) is 243 Å². The zero-order valence-corrected chi connectivity index (χ0v) is 36.6. The molecule has 0 amide bonds. The van der Waals surface area contributed by atoms with Crippen molar-refractivity contribution in [1.82, 2.24) is 9.80 Å². The molecule has 0 saturated heterocycles. The van der Waals surface area contributed by atoms with Gasteiger partial charge in [0.05, 0.1) is 29.4 Å². The molecule has 1 spiro atoms. The number of carboxylic acids is 4. The Bertz CT molecular complexity index is 1720. The number of phenolic OH excluding ortho intramolecular Hbond substituents is 2. The molecule has 2 aliphatic heterocycles. The molecule has 246 valence electrons. The zero-order valence-electron chi connectivity index (χ0n) is 28.6. The van der Waals surface area contributed by atoms with Crippen LogP contribution in [0.15, 0.2) is 48.5 Å². The molecule has 0 bridgehead atoms. The Morgan fingerprint density at radius 1 is 0.627 bits per heavy atom. The first-order valence-electron chi connectivity index (χ1n) is 14.3. The number of carbonyl (C=O) groups is 5. The molecule has 0 aromatic heterocycles. The molecule has 5 rings (SSSR count). The van der Waals surface area contributed by atoms with Crippen molar-refractivity contribution in [1.29, 1.82) is 0 Å². The van der Waals surface area contributed by atoms with Gasteiger partial charge in [0.2, 0.25) is 0 Å². The third kappa shape index (κ3) is 10.7. The number of carboxylic acid groups (broad SMARTS) is 4. The van der Waals surface area contributed by atoms with Crippen LogP contribution in [0.3, 0.4) is 0 Å². The number of esters is 1. The maximum Gasteiger partial charge on any atom is 1.00 e. The molecule has 2 heterocycles. The Morgan fingerprint density at radius 3 is 1.47 bits per heavy atom. The molecule has 51 heavy (non-hydrogen) atoms.